The first-order valence-electron chi connectivity index (χ1n) is 9.60. The van der Waals surface area contributed by atoms with Crippen LogP contribution in [-0.2, 0) is 9.59 Å². The number of nitrogens with one attached hydrogen (secondary N) is 1. The number of thioether (sulfide) groups is 1. The van der Waals surface area contributed by atoms with Crippen LogP contribution in [0.1, 0.15) is 25.3 Å². The van der Waals surface area contributed by atoms with Gasteiger partial charge in [-0.15, -0.1) is 0 Å². The van der Waals surface area contributed by atoms with E-state index in [1.807, 2.05) is 24.3 Å². The summed E-state index contributed by atoms with van der Waals surface area (Å²) >= 11 is 10.1. The van der Waals surface area contributed by atoms with Crippen molar-refractivity contribution >= 4 is 68.1 Å². The molecule has 3 rings (SSSR count). The lowest BCUT2D eigenvalue weighted by Crippen LogP contribution is -2.36. The van der Waals surface area contributed by atoms with Crippen LogP contribution in [0.15, 0.2) is 51.8 Å². The van der Waals surface area contributed by atoms with Gasteiger partial charge in [0.1, 0.15) is 12.3 Å². The van der Waals surface area contributed by atoms with Crippen LogP contribution in [0.25, 0.3) is 6.08 Å². The van der Waals surface area contributed by atoms with Gasteiger partial charge >= 0.3 is 0 Å². The highest BCUT2D eigenvalue weighted by atomic mass is 79.9. The smallest absolute Gasteiger partial charge is 0.294 e. The highest BCUT2D eigenvalue weighted by Crippen LogP contribution is 2.32. The lowest BCUT2D eigenvalue weighted by molar-refractivity contribution is -0.127. The number of carbonyl (C=O) groups is 3. The number of hydrogen-bond donors (Lipinski definition) is 1. The fourth-order valence-corrected chi connectivity index (χ4v) is 3.97. The molecule has 1 aliphatic heterocycles. The number of hydrogen-bond acceptors (Lipinski definition) is 5. The maximum Gasteiger partial charge on any atom is 0.294 e. The number of unbranched alkanes of at least 4 members (excludes halogenated alkanes) is 1. The number of ether oxygens (including phenoxy) is 1. The summed E-state index contributed by atoms with van der Waals surface area (Å²) < 4.78 is 6.32. The minimum Gasteiger partial charge on any atom is -0.494 e. The maximum atomic E-state index is 12.6. The molecule has 1 aliphatic rings. The lowest BCUT2D eigenvalue weighted by atomic mass is 10.2. The van der Waals surface area contributed by atoms with Crippen LogP contribution in [0.3, 0.4) is 0 Å². The van der Waals surface area contributed by atoms with Crippen LogP contribution in [-0.4, -0.2) is 35.1 Å². The van der Waals surface area contributed by atoms with Crippen LogP contribution in [0, 0.1) is 0 Å². The minimum atomic E-state index is -0.498. The molecule has 1 N–H and O–H groups in total. The third-order valence-corrected chi connectivity index (χ3v) is 6.46. The Morgan fingerprint density at radius 1 is 1.23 bits per heavy atom. The number of halogens is 2. The van der Waals surface area contributed by atoms with Gasteiger partial charge in [0.2, 0.25) is 5.91 Å². The van der Waals surface area contributed by atoms with E-state index in [-0.39, 0.29) is 11.4 Å². The molecule has 3 amide bonds. The highest BCUT2D eigenvalue weighted by molar-refractivity contribution is 9.10. The molecule has 0 unspecified atom stereocenters. The average Bonchev–Trinajstić information content (AvgIpc) is 2.99. The molecule has 31 heavy (non-hydrogen) atoms. The van der Waals surface area contributed by atoms with Crippen LogP contribution in [0.4, 0.5) is 10.5 Å². The molecule has 0 spiro atoms. The van der Waals surface area contributed by atoms with E-state index < -0.39 is 17.1 Å². The van der Waals surface area contributed by atoms with Gasteiger partial charge in [0, 0.05) is 10.2 Å². The van der Waals surface area contributed by atoms with Gasteiger partial charge in [-0.3, -0.25) is 19.3 Å². The van der Waals surface area contributed by atoms with Gasteiger partial charge in [0.05, 0.1) is 16.5 Å². The van der Waals surface area contributed by atoms with Crippen LogP contribution in [0.2, 0.25) is 5.02 Å². The molecule has 6 nitrogen and oxygen atoms in total. The van der Waals surface area contributed by atoms with E-state index in [1.54, 1.807) is 24.3 Å². The molecule has 2 aromatic carbocycles. The Kier molecular flexibility index (Phi) is 8.17. The molecule has 0 aromatic heterocycles. The standard InChI is InChI=1S/C22H20BrClN2O4S/c1-2-3-10-30-16-7-4-14(5-8-16)11-19-21(28)26(22(29)31-19)13-20(27)25-15-6-9-17(23)18(24)12-15/h4-9,11-12H,2-3,10,13H2,1H3,(H,25,27)/b19-11-. The summed E-state index contributed by atoms with van der Waals surface area (Å²) in [7, 11) is 0. The first kappa shape index (κ1) is 23.4. The van der Waals surface area contributed by atoms with Crippen LogP contribution < -0.4 is 10.1 Å². The largest absolute Gasteiger partial charge is 0.494 e. The van der Waals surface area contributed by atoms with E-state index in [4.69, 9.17) is 16.3 Å². The van der Waals surface area contributed by atoms with Gasteiger partial charge in [0.15, 0.2) is 0 Å². The number of rotatable bonds is 8. The van der Waals surface area contributed by atoms with Crippen LogP contribution >= 0.6 is 39.3 Å². The van der Waals surface area contributed by atoms with E-state index in [9.17, 15) is 14.4 Å². The number of carbonyl (C=O) groups excluding carboxylic acids is 3. The summed E-state index contributed by atoms with van der Waals surface area (Å²) in [6.45, 7) is 2.38. The lowest BCUT2D eigenvalue weighted by Gasteiger charge is -2.12. The quantitative estimate of drug-likeness (QED) is 0.341. The van der Waals surface area contributed by atoms with Crippen molar-refractivity contribution in [2.45, 2.75) is 19.8 Å². The second kappa shape index (κ2) is 10.8. The fourth-order valence-electron chi connectivity index (χ4n) is 2.70. The van der Waals surface area contributed by atoms with Crippen molar-refractivity contribution in [2.75, 3.05) is 18.5 Å². The summed E-state index contributed by atoms with van der Waals surface area (Å²) in [4.78, 5) is 38.4. The molecule has 1 heterocycles. The van der Waals surface area contributed by atoms with Gasteiger partial charge < -0.3 is 10.1 Å². The zero-order valence-electron chi connectivity index (χ0n) is 16.7. The van der Waals surface area contributed by atoms with Crippen molar-refractivity contribution in [3.05, 3.63) is 62.4 Å². The highest BCUT2D eigenvalue weighted by Gasteiger charge is 2.36. The molecule has 1 saturated heterocycles. The Morgan fingerprint density at radius 3 is 2.65 bits per heavy atom. The molecule has 0 atom stereocenters. The summed E-state index contributed by atoms with van der Waals surface area (Å²) in [5, 5.41) is 2.59. The van der Waals surface area contributed by atoms with Gasteiger partial charge in [-0.05, 0) is 76.1 Å². The third-order valence-electron chi connectivity index (χ3n) is 4.32. The van der Waals surface area contributed by atoms with Crippen LogP contribution in [0.5, 0.6) is 5.75 Å². The Morgan fingerprint density at radius 2 is 1.97 bits per heavy atom. The molecule has 0 aliphatic carbocycles. The number of anilines is 1. The molecule has 9 heteroatoms. The monoisotopic (exact) mass is 522 g/mol. The van der Waals surface area contributed by atoms with Crippen molar-refractivity contribution in [1.82, 2.24) is 4.90 Å². The fraction of sp³-hybridized carbons (Fsp3) is 0.227. The second-order valence-corrected chi connectivity index (χ2v) is 8.97. The number of imide groups is 1. The molecule has 1 fully saturated rings. The summed E-state index contributed by atoms with van der Waals surface area (Å²) in [6, 6.07) is 12.2. The molecule has 0 saturated carbocycles. The Bertz CT molecular complexity index is 1030. The minimum absolute atomic E-state index is 0.268. The number of amides is 3. The van der Waals surface area contributed by atoms with E-state index in [0.717, 1.165) is 40.8 Å². The Hall–Kier alpha value is -2.29. The molecule has 162 valence electrons. The molecule has 0 radical (unpaired) electrons. The van der Waals surface area contributed by atoms with E-state index in [2.05, 4.69) is 28.2 Å². The number of nitrogens with zero attached hydrogens (tertiary/aromatic N) is 1. The zero-order valence-corrected chi connectivity index (χ0v) is 19.9. The maximum absolute atomic E-state index is 12.6. The summed E-state index contributed by atoms with van der Waals surface area (Å²) in [5.74, 6) is -0.235. The Balaban J connectivity index is 1.62. The van der Waals surface area contributed by atoms with Crippen molar-refractivity contribution in [3.8, 4) is 5.75 Å². The third kappa shape index (κ3) is 6.35. The second-order valence-electron chi connectivity index (χ2n) is 6.72. The Labute approximate surface area is 198 Å². The van der Waals surface area contributed by atoms with Gasteiger partial charge in [-0.2, -0.15) is 0 Å². The molecular formula is C22H20BrClN2O4S. The topological polar surface area (TPSA) is 75.7 Å². The van der Waals surface area contributed by atoms with Crippen molar-refractivity contribution < 1.29 is 19.1 Å². The first-order chi connectivity index (χ1) is 14.9. The average molecular weight is 524 g/mol. The molecule has 2 aromatic rings. The van der Waals surface area contributed by atoms with Crippen molar-refractivity contribution in [3.63, 3.8) is 0 Å². The van der Waals surface area contributed by atoms with E-state index in [1.165, 1.54) is 0 Å². The predicted molar refractivity (Wildman–Crippen MR) is 127 cm³/mol. The molecular weight excluding hydrogens is 504 g/mol. The van der Waals surface area contributed by atoms with Gasteiger partial charge in [0.25, 0.3) is 11.1 Å². The summed E-state index contributed by atoms with van der Waals surface area (Å²) in [6.07, 6.45) is 3.67. The summed E-state index contributed by atoms with van der Waals surface area (Å²) in [5.41, 5.74) is 1.24. The predicted octanol–water partition coefficient (Wildman–Crippen LogP) is 5.96. The SMILES string of the molecule is CCCCOc1ccc(/C=C2\SC(=O)N(CC(=O)Nc3ccc(Br)c(Cl)c3)C2=O)cc1. The van der Waals surface area contributed by atoms with E-state index >= 15 is 0 Å². The first-order valence-corrected chi connectivity index (χ1v) is 11.6. The number of benzene rings is 2. The normalized spacial score (nSPS) is 14.9. The van der Waals surface area contributed by atoms with Gasteiger partial charge in [-0.1, -0.05) is 37.1 Å². The van der Waals surface area contributed by atoms with Gasteiger partial charge in [-0.25, -0.2) is 0 Å². The van der Waals surface area contributed by atoms with E-state index in [0.29, 0.717) is 21.8 Å². The van der Waals surface area contributed by atoms with Crippen molar-refractivity contribution in [2.24, 2.45) is 0 Å². The van der Waals surface area contributed by atoms with Crippen molar-refractivity contribution in [1.29, 1.82) is 0 Å². The zero-order chi connectivity index (χ0) is 22.4. The molecule has 0 bridgehead atoms.